The molecule has 1 aliphatic rings. The van der Waals surface area contributed by atoms with E-state index >= 15 is 4.39 Å². The first-order valence-electron chi connectivity index (χ1n) is 14.6. The van der Waals surface area contributed by atoms with Crippen LogP contribution in [-0.4, -0.2) is 57.5 Å². The molecule has 1 aliphatic heterocycles. The van der Waals surface area contributed by atoms with E-state index in [0.29, 0.717) is 35.1 Å². The summed E-state index contributed by atoms with van der Waals surface area (Å²) in [5.41, 5.74) is 0.270. The number of alkyl halides is 3. The summed E-state index contributed by atoms with van der Waals surface area (Å²) in [6, 6.07) is 13.0. The van der Waals surface area contributed by atoms with E-state index in [2.05, 4.69) is 26.3 Å². The SMILES string of the molecule is COc1cc2c(Oc3ccc(NS(=O)(=O)c4ccccc4OC(F)(F)F)cc3F)ccnc2cc1OCCCN1CCCCC1C. The molecule has 1 N–H and O–H groups in total. The van der Waals surface area contributed by atoms with Crippen LogP contribution in [0.2, 0.25) is 0 Å². The number of nitrogens with one attached hydrogen (secondary N) is 1. The summed E-state index contributed by atoms with van der Waals surface area (Å²) < 4.78 is 103. The fraction of sp³-hybridized carbons (Fsp3) is 0.344. The average molecular weight is 664 g/mol. The number of benzene rings is 3. The van der Waals surface area contributed by atoms with Gasteiger partial charge >= 0.3 is 6.36 Å². The fourth-order valence-electron chi connectivity index (χ4n) is 5.29. The van der Waals surface area contributed by atoms with Crippen LogP contribution >= 0.6 is 0 Å². The Labute approximate surface area is 264 Å². The van der Waals surface area contributed by atoms with Crippen LogP contribution in [0.15, 0.2) is 71.8 Å². The maximum atomic E-state index is 15.2. The predicted molar refractivity (Wildman–Crippen MR) is 164 cm³/mol. The Morgan fingerprint density at radius 1 is 0.978 bits per heavy atom. The van der Waals surface area contributed by atoms with E-state index in [4.69, 9.17) is 14.2 Å². The Morgan fingerprint density at radius 2 is 1.78 bits per heavy atom. The molecule has 1 saturated heterocycles. The standard InChI is InChI=1S/C32H33F4N3O6S/c1-21-8-5-6-15-39(21)16-7-17-43-30-20-25-23(19-29(30)42-2)26(13-14-37-25)44-27-12-11-22(18-24(27)33)38-46(40,41)31-10-4-3-9-28(31)45-32(34,35)36/h3-4,9-14,18-21,38H,5-8,15-17H2,1-2H3. The Balaban J connectivity index is 1.29. The van der Waals surface area contributed by atoms with E-state index in [1.807, 2.05) is 0 Å². The molecule has 3 aromatic carbocycles. The van der Waals surface area contributed by atoms with Gasteiger partial charge in [-0.3, -0.25) is 9.71 Å². The van der Waals surface area contributed by atoms with Gasteiger partial charge in [0.15, 0.2) is 23.1 Å². The number of pyridine rings is 1. The number of rotatable bonds is 12. The van der Waals surface area contributed by atoms with Crippen molar-refractivity contribution in [1.29, 1.82) is 0 Å². The Hall–Kier alpha value is -4.30. The molecule has 1 aromatic heterocycles. The number of likely N-dealkylation sites (tertiary alicyclic amines) is 1. The highest BCUT2D eigenvalue weighted by Crippen LogP contribution is 2.38. The summed E-state index contributed by atoms with van der Waals surface area (Å²) >= 11 is 0. The van der Waals surface area contributed by atoms with Gasteiger partial charge in [-0.05, 0) is 69.1 Å². The summed E-state index contributed by atoms with van der Waals surface area (Å²) in [5.74, 6) is -0.890. The van der Waals surface area contributed by atoms with E-state index in [0.717, 1.165) is 37.7 Å². The summed E-state index contributed by atoms with van der Waals surface area (Å²) in [5, 5.41) is 0.513. The van der Waals surface area contributed by atoms with Crippen molar-refractivity contribution < 1.29 is 44.9 Å². The molecule has 1 fully saturated rings. The van der Waals surface area contributed by atoms with Gasteiger partial charge in [0.25, 0.3) is 10.0 Å². The lowest BCUT2D eigenvalue weighted by atomic mass is 10.0. The quantitative estimate of drug-likeness (QED) is 0.123. The molecule has 46 heavy (non-hydrogen) atoms. The molecule has 246 valence electrons. The molecule has 0 spiro atoms. The summed E-state index contributed by atoms with van der Waals surface area (Å²) in [4.78, 5) is 6.09. The summed E-state index contributed by atoms with van der Waals surface area (Å²) in [6.45, 7) is 4.78. The van der Waals surface area contributed by atoms with Crippen molar-refractivity contribution in [3.05, 3.63) is 72.7 Å². The molecule has 0 bridgehead atoms. The van der Waals surface area contributed by atoms with Crippen molar-refractivity contribution in [3.8, 4) is 28.7 Å². The third-order valence-corrected chi connectivity index (χ3v) is 8.96. The third kappa shape index (κ3) is 8.10. The van der Waals surface area contributed by atoms with Crippen LogP contribution in [0.3, 0.4) is 0 Å². The van der Waals surface area contributed by atoms with Crippen molar-refractivity contribution in [2.45, 2.75) is 49.9 Å². The van der Waals surface area contributed by atoms with Gasteiger partial charge in [-0.2, -0.15) is 0 Å². The molecule has 0 saturated carbocycles. The van der Waals surface area contributed by atoms with Crippen LogP contribution in [0, 0.1) is 5.82 Å². The van der Waals surface area contributed by atoms with Crippen molar-refractivity contribution in [3.63, 3.8) is 0 Å². The van der Waals surface area contributed by atoms with Crippen molar-refractivity contribution in [1.82, 2.24) is 9.88 Å². The zero-order valence-electron chi connectivity index (χ0n) is 25.1. The zero-order valence-corrected chi connectivity index (χ0v) is 26.0. The molecule has 1 atom stereocenters. The topological polar surface area (TPSA) is 99.2 Å². The summed E-state index contributed by atoms with van der Waals surface area (Å²) in [6.07, 6.45) is 0.919. The van der Waals surface area contributed by atoms with Crippen LogP contribution < -0.4 is 23.7 Å². The van der Waals surface area contributed by atoms with Gasteiger partial charge in [-0.1, -0.05) is 18.6 Å². The van der Waals surface area contributed by atoms with E-state index in [-0.39, 0.29) is 17.2 Å². The van der Waals surface area contributed by atoms with E-state index in [1.54, 1.807) is 12.1 Å². The average Bonchev–Trinajstić information content (AvgIpc) is 3.00. The second-order valence-electron chi connectivity index (χ2n) is 10.8. The number of anilines is 1. The van der Waals surface area contributed by atoms with Crippen LogP contribution in [0.25, 0.3) is 10.9 Å². The highest BCUT2D eigenvalue weighted by atomic mass is 32.2. The lowest BCUT2D eigenvalue weighted by molar-refractivity contribution is -0.275. The van der Waals surface area contributed by atoms with Crippen molar-refractivity contribution >= 4 is 26.6 Å². The fourth-order valence-corrected chi connectivity index (χ4v) is 6.47. The Bertz CT molecular complexity index is 1790. The minimum absolute atomic E-state index is 0.234. The van der Waals surface area contributed by atoms with Crippen LogP contribution in [0.4, 0.5) is 23.2 Å². The summed E-state index contributed by atoms with van der Waals surface area (Å²) in [7, 11) is -3.07. The number of piperidine rings is 1. The largest absolute Gasteiger partial charge is 0.573 e. The predicted octanol–water partition coefficient (Wildman–Crippen LogP) is 7.52. The van der Waals surface area contributed by atoms with Gasteiger partial charge in [0.2, 0.25) is 0 Å². The number of halogens is 4. The van der Waals surface area contributed by atoms with Gasteiger partial charge in [0.1, 0.15) is 16.4 Å². The van der Waals surface area contributed by atoms with E-state index < -0.39 is 32.8 Å². The minimum Gasteiger partial charge on any atom is -0.493 e. The van der Waals surface area contributed by atoms with Gasteiger partial charge in [-0.25, -0.2) is 12.8 Å². The number of nitrogens with zero attached hydrogens (tertiary/aromatic N) is 2. The lowest BCUT2D eigenvalue weighted by Gasteiger charge is -2.33. The molecule has 5 rings (SSSR count). The normalized spacial score (nSPS) is 15.8. The molecule has 0 radical (unpaired) electrons. The molecular weight excluding hydrogens is 630 g/mol. The second-order valence-corrected chi connectivity index (χ2v) is 12.4. The third-order valence-electron chi connectivity index (χ3n) is 7.54. The number of hydrogen-bond acceptors (Lipinski definition) is 8. The molecule has 1 unspecified atom stereocenters. The van der Waals surface area contributed by atoms with Crippen molar-refractivity contribution in [2.24, 2.45) is 0 Å². The number of aromatic nitrogens is 1. The van der Waals surface area contributed by atoms with Crippen LogP contribution in [0.5, 0.6) is 28.7 Å². The molecule has 4 aromatic rings. The first-order valence-corrected chi connectivity index (χ1v) is 16.1. The Kier molecular flexibility index (Phi) is 10.1. The first kappa shape index (κ1) is 33.1. The molecule has 0 amide bonds. The zero-order chi connectivity index (χ0) is 32.9. The van der Waals surface area contributed by atoms with E-state index in [1.165, 1.54) is 62.9 Å². The van der Waals surface area contributed by atoms with Gasteiger partial charge in [-0.15, -0.1) is 13.2 Å². The number of sulfonamides is 1. The minimum atomic E-state index is -5.11. The molecule has 2 heterocycles. The van der Waals surface area contributed by atoms with Gasteiger partial charge in [0.05, 0.1) is 24.9 Å². The molecular formula is C32H33F4N3O6S. The first-order chi connectivity index (χ1) is 21.9. The number of hydrogen-bond donors (Lipinski definition) is 1. The lowest BCUT2D eigenvalue weighted by Crippen LogP contribution is -2.38. The number of fused-ring (bicyclic) bond motifs is 1. The number of ether oxygens (including phenoxy) is 4. The van der Waals surface area contributed by atoms with Gasteiger partial charge in [0, 0.05) is 36.3 Å². The van der Waals surface area contributed by atoms with Gasteiger partial charge < -0.3 is 23.8 Å². The van der Waals surface area contributed by atoms with E-state index in [9.17, 15) is 21.6 Å². The smallest absolute Gasteiger partial charge is 0.493 e. The highest BCUT2D eigenvalue weighted by Gasteiger charge is 2.34. The Morgan fingerprint density at radius 3 is 2.52 bits per heavy atom. The number of para-hydroxylation sites is 1. The van der Waals surface area contributed by atoms with Crippen molar-refractivity contribution in [2.75, 3.05) is 31.5 Å². The molecule has 9 nitrogen and oxygen atoms in total. The van der Waals surface area contributed by atoms with Crippen LogP contribution in [0.1, 0.15) is 32.6 Å². The molecule has 14 heteroatoms. The second kappa shape index (κ2) is 14.0. The highest BCUT2D eigenvalue weighted by molar-refractivity contribution is 7.92. The van der Waals surface area contributed by atoms with Crippen LogP contribution in [-0.2, 0) is 10.0 Å². The monoisotopic (exact) mass is 663 g/mol. The number of methoxy groups -OCH3 is 1. The molecule has 0 aliphatic carbocycles. The maximum Gasteiger partial charge on any atom is 0.573 e. The maximum absolute atomic E-state index is 15.2.